The zero-order valence-electron chi connectivity index (χ0n) is 12.7. The van der Waals surface area contributed by atoms with Gasteiger partial charge in [-0.1, -0.05) is 20.8 Å². The molecule has 5 nitrogen and oxygen atoms in total. The first-order valence-electron chi connectivity index (χ1n) is 6.67. The first-order chi connectivity index (χ1) is 9.24. The summed E-state index contributed by atoms with van der Waals surface area (Å²) < 4.78 is 10.4. The van der Waals surface area contributed by atoms with Crippen LogP contribution in [0.4, 0.5) is 11.4 Å². The zero-order valence-corrected chi connectivity index (χ0v) is 12.7. The molecule has 0 amide bonds. The summed E-state index contributed by atoms with van der Waals surface area (Å²) >= 11 is 0. The Bertz CT molecular complexity index is 479. The van der Waals surface area contributed by atoms with E-state index in [1.807, 2.05) is 0 Å². The van der Waals surface area contributed by atoms with Crippen molar-refractivity contribution in [1.82, 2.24) is 0 Å². The predicted molar refractivity (Wildman–Crippen MR) is 80.8 cm³/mol. The quantitative estimate of drug-likeness (QED) is 0.492. The first-order valence-corrected chi connectivity index (χ1v) is 6.67. The minimum absolute atomic E-state index is 0.202. The Hall–Kier alpha value is -1.91. The summed E-state index contributed by atoms with van der Waals surface area (Å²) in [6.07, 6.45) is 2.06. The van der Waals surface area contributed by atoms with Gasteiger partial charge in [0.15, 0.2) is 11.5 Å². The van der Waals surface area contributed by atoms with Crippen LogP contribution in [0, 0.1) is 5.41 Å². The number of carbonyl (C=O) groups excluding carboxylic acids is 1. The zero-order chi connectivity index (χ0) is 15.3. The Morgan fingerprint density at radius 1 is 1.25 bits per heavy atom. The average molecular weight is 280 g/mol. The molecule has 4 N–H and O–H groups in total. The van der Waals surface area contributed by atoms with Gasteiger partial charge in [-0.3, -0.25) is 4.79 Å². The van der Waals surface area contributed by atoms with Crippen molar-refractivity contribution in [3.05, 3.63) is 12.1 Å². The standard InChI is InChI=1S/C15H24N2O3/c1-15(2,3)9-5-6-12(18)20-14-11(19-4)8-7-10(16)13(14)17/h7-8H,5-6,9,16-17H2,1-4H3. The van der Waals surface area contributed by atoms with E-state index in [2.05, 4.69) is 20.8 Å². The third-order valence-electron chi connectivity index (χ3n) is 2.94. The van der Waals surface area contributed by atoms with Gasteiger partial charge in [0.05, 0.1) is 12.8 Å². The lowest BCUT2D eigenvalue weighted by molar-refractivity contribution is -0.134. The molecule has 0 bridgehead atoms. The van der Waals surface area contributed by atoms with Crippen LogP contribution in [0.1, 0.15) is 40.0 Å². The molecule has 1 rings (SSSR count). The first kappa shape index (κ1) is 16.1. The molecule has 0 aliphatic rings. The smallest absolute Gasteiger partial charge is 0.311 e. The predicted octanol–water partition coefficient (Wildman–Crippen LogP) is 2.98. The highest BCUT2D eigenvalue weighted by molar-refractivity contribution is 5.81. The van der Waals surface area contributed by atoms with Crippen molar-refractivity contribution >= 4 is 17.3 Å². The lowest BCUT2D eigenvalue weighted by Crippen LogP contribution is -2.12. The minimum Gasteiger partial charge on any atom is -0.493 e. The fourth-order valence-corrected chi connectivity index (χ4v) is 1.79. The summed E-state index contributed by atoms with van der Waals surface area (Å²) in [6.45, 7) is 6.41. The van der Waals surface area contributed by atoms with Crippen molar-refractivity contribution in [2.75, 3.05) is 18.6 Å². The molecule has 0 spiro atoms. The number of benzene rings is 1. The molecular weight excluding hydrogens is 256 g/mol. The summed E-state index contributed by atoms with van der Waals surface area (Å²) in [5.41, 5.74) is 12.3. The second-order valence-electron chi connectivity index (χ2n) is 5.99. The number of esters is 1. The summed E-state index contributed by atoms with van der Waals surface area (Å²) in [4.78, 5) is 11.9. The Labute approximate surface area is 120 Å². The fourth-order valence-electron chi connectivity index (χ4n) is 1.79. The largest absolute Gasteiger partial charge is 0.493 e. The molecule has 0 aromatic heterocycles. The van der Waals surface area contributed by atoms with Gasteiger partial charge in [-0.25, -0.2) is 0 Å². The molecule has 0 saturated heterocycles. The highest BCUT2D eigenvalue weighted by atomic mass is 16.6. The van der Waals surface area contributed by atoms with Gasteiger partial charge in [0.2, 0.25) is 0 Å². The molecule has 0 aliphatic carbocycles. The van der Waals surface area contributed by atoms with E-state index >= 15 is 0 Å². The van der Waals surface area contributed by atoms with E-state index in [0.717, 1.165) is 12.8 Å². The van der Waals surface area contributed by atoms with E-state index in [-0.39, 0.29) is 22.8 Å². The molecular formula is C15H24N2O3. The van der Waals surface area contributed by atoms with Gasteiger partial charge in [0, 0.05) is 6.42 Å². The van der Waals surface area contributed by atoms with Crippen LogP contribution in [0.25, 0.3) is 0 Å². The van der Waals surface area contributed by atoms with Gasteiger partial charge in [0.25, 0.3) is 0 Å². The number of methoxy groups -OCH3 is 1. The Morgan fingerprint density at radius 3 is 2.45 bits per heavy atom. The summed E-state index contributed by atoms with van der Waals surface area (Å²) in [7, 11) is 1.49. The van der Waals surface area contributed by atoms with E-state index in [1.165, 1.54) is 7.11 Å². The van der Waals surface area contributed by atoms with Crippen LogP contribution >= 0.6 is 0 Å². The second-order valence-corrected chi connectivity index (χ2v) is 5.99. The van der Waals surface area contributed by atoms with E-state index < -0.39 is 0 Å². The average Bonchev–Trinajstić information content (AvgIpc) is 2.34. The molecule has 112 valence electrons. The van der Waals surface area contributed by atoms with Gasteiger partial charge in [-0.15, -0.1) is 0 Å². The normalized spacial score (nSPS) is 11.2. The molecule has 0 unspecified atom stereocenters. The maximum absolute atomic E-state index is 11.9. The molecule has 0 saturated carbocycles. The van der Waals surface area contributed by atoms with Crippen molar-refractivity contribution in [1.29, 1.82) is 0 Å². The summed E-state index contributed by atoms with van der Waals surface area (Å²) in [5.74, 6) is 0.277. The number of nitrogen functional groups attached to an aromatic ring is 2. The molecule has 0 atom stereocenters. The van der Waals surface area contributed by atoms with Crippen LogP contribution < -0.4 is 20.9 Å². The third-order valence-corrected chi connectivity index (χ3v) is 2.94. The lowest BCUT2D eigenvalue weighted by atomic mass is 9.90. The van der Waals surface area contributed by atoms with E-state index in [0.29, 0.717) is 17.9 Å². The molecule has 0 radical (unpaired) electrons. The monoisotopic (exact) mass is 280 g/mol. The number of anilines is 2. The van der Waals surface area contributed by atoms with Crippen molar-refractivity contribution in [3.63, 3.8) is 0 Å². The van der Waals surface area contributed by atoms with Gasteiger partial charge >= 0.3 is 5.97 Å². The lowest BCUT2D eigenvalue weighted by Gasteiger charge is -2.17. The topological polar surface area (TPSA) is 87.6 Å². The van der Waals surface area contributed by atoms with Crippen LogP contribution in [-0.2, 0) is 4.79 Å². The molecule has 1 aromatic carbocycles. The van der Waals surface area contributed by atoms with Crippen LogP contribution in [0.2, 0.25) is 0 Å². The Kier molecular flexibility index (Phi) is 5.25. The molecule has 0 fully saturated rings. The van der Waals surface area contributed by atoms with Crippen molar-refractivity contribution in [2.45, 2.75) is 40.0 Å². The van der Waals surface area contributed by atoms with Gasteiger partial charge in [0.1, 0.15) is 5.69 Å². The van der Waals surface area contributed by atoms with Gasteiger partial charge in [-0.2, -0.15) is 0 Å². The summed E-state index contributed by atoms with van der Waals surface area (Å²) in [6, 6.07) is 3.24. The number of hydrogen-bond acceptors (Lipinski definition) is 5. The van der Waals surface area contributed by atoms with Gasteiger partial charge in [-0.05, 0) is 30.4 Å². The van der Waals surface area contributed by atoms with Crippen LogP contribution in [0.5, 0.6) is 11.5 Å². The van der Waals surface area contributed by atoms with Crippen molar-refractivity contribution < 1.29 is 14.3 Å². The highest BCUT2D eigenvalue weighted by Gasteiger charge is 2.17. The molecule has 5 heteroatoms. The molecule has 1 aromatic rings. The number of nitrogens with two attached hydrogens (primary N) is 2. The number of hydrogen-bond donors (Lipinski definition) is 2. The van der Waals surface area contributed by atoms with Crippen LogP contribution in [0.3, 0.4) is 0 Å². The van der Waals surface area contributed by atoms with E-state index in [1.54, 1.807) is 12.1 Å². The van der Waals surface area contributed by atoms with E-state index in [9.17, 15) is 4.79 Å². The fraction of sp³-hybridized carbons (Fsp3) is 0.533. The second kappa shape index (κ2) is 6.50. The number of rotatable bonds is 5. The highest BCUT2D eigenvalue weighted by Crippen LogP contribution is 2.37. The van der Waals surface area contributed by atoms with Crippen molar-refractivity contribution in [3.8, 4) is 11.5 Å². The molecule has 0 heterocycles. The SMILES string of the molecule is COc1ccc(N)c(N)c1OC(=O)CCCC(C)(C)C. The van der Waals surface area contributed by atoms with Crippen LogP contribution in [0.15, 0.2) is 12.1 Å². The number of ether oxygens (including phenoxy) is 2. The molecule has 20 heavy (non-hydrogen) atoms. The number of carbonyl (C=O) groups is 1. The van der Waals surface area contributed by atoms with Crippen LogP contribution in [-0.4, -0.2) is 13.1 Å². The summed E-state index contributed by atoms with van der Waals surface area (Å²) in [5, 5.41) is 0. The maximum Gasteiger partial charge on any atom is 0.311 e. The maximum atomic E-state index is 11.9. The van der Waals surface area contributed by atoms with E-state index in [4.69, 9.17) is 20.9 Å². The van der Waals surface area contributed by atoms with Crippen molar-refractivity contribution in [2.24, 2.45) is 5.41 Å². The molecule has 0 aliphatic heterocycles. The Balaban J connectivity index is 2.69. The van der Waals surface area contributed by atoms with Gasteiger partial charge < -0.3 is 20.9 Å². The Morgan fingerprint density at radius 2 is 1.90 bits per heavy atom. The minimum atomic E-state index is -0.329. The third kappa shape index (κ3) is 4.64.